The highest BCUT2D eigenvalue weighted by Crippen LogP contribution is 2.36. The zero-order valence-corrected chi connectivity index (χ0v) is 19.9. The monoisotopic (exact) mass is 449 g/mol. The number of aromatic nitrogens is 1. The molecule has 1 saturated carbocycles. The van der Waals surface area contributed by atoms with Crippen LogP contribution in [-0.2, 0) is 17.9 Å². The molecule has 0 unspecified atom stereocenters. The quantitative estimate of drug-likeness (QED) is 0.431. The van der Waals surface area contributed by atoms with Crippen LogP contribution in [0, 0.1) is 0 Å². The van der Waals surface area contributed by atoms with E-state index >= 15 is 0 Å². The number of rotatable bonds is 12. The number of benzene rings is 2. The van der Waals surface area contributed by atoms with E-state index < -0.39 is 6.10 Å². The summed E-state index contributed by atoms with van der Waals surface area (Å²) < 4.78 is 11.6. The molecule has 1 aromatic heterocycles. The Bertz CT molecular complexity index is 986. The molecule has 0 spiro atoms. The van der Waals surface area contributed by atoms with Crippen molar-refractivity contribution < 1.29 is 14.4 Å². The molecule has 1 atom stereocenters. The van der Waals surface area contributed by atoms with Crippen molar-refractivity contribution in [1.82, 2.24) is 10.1 Å². The summed E-state index contributed by atoms with van der Waals surface area (Å²) in [4.78, 5) is 4.48. The Labute approximate surface area is 196 Å². The summed E-state index contributed by atoms with van der Waals surface area (Å²) in [6.45, 7) is 6.34. The highest BCUT2D eigenvalue weighted by molar-refractivity contribution is 5.68. The van der Waals surface area contributed by atoms with Gasteiger partial charge in [0.2, 0.25) is 5.88 Å². The molecule has 0 aliphatic heterocycles. The Hall–Kier alpha value is -2.67. The van der Waals surface area contributed by atoms with E-state index in [1.165, 1.54) is 0 Å². The summed E-state index contributed by atoms with van der Waals surface area (Å²) in [6.07, 6.45) is 1.75. The van der Waals surface area contributed by atoms with Gasteiger partial charge in [-0.15, -0.1) is 0 Å². The van der Waals surface area contributed by atoms with Crippen molar-refractivity contribution in [2.75, 3.05) is 25.1 Å². The molecule has 176 valence electrons. The Kier molecular flexibility index (Phi) is 7.81. The predicted molar refractivity (Wildman–Crippen MR) is 131 cm³/mol. The zero-order chi connectivity index (χ0) is 23.2. The molecule has 0 saturated heterocycles. The minimum atomic E-state index is -0.555. The third-order valence-electron chi connectivity index (χ3n) is 6.20. The molecule has 1 N–H and O–H groups in total. The lowest BCUT2D eigenvalue weighted by molar-refractivity contribution is 0.00707. The topological polar surface area (TPSA) is 62.0 Å². The first-order chi connectivity index (χ1) is 16.0. The first-order valence-electron chi connectivity index (χ1n) is 11.8. The lowest BCUT2D eigenvalue weighted by Gasteiger charge is -2.27. The molecule has 6 nitrogen and oxygen atoms in total. The Morgan fingerprint density at radius 1 is 1.06 bits per heavy atom. The second kappa shape index (κ2) is 11.0. The third-order valence-corrected chi connectivity index (χ3v) is 6.20. The minimum Gasteiger partial charge on any atom is -0.389 e. The maximum Gasteiger partial charge on any atom is 0.232 e. The summed E-state index contributed by atoms with van der Waals surface area (Å²) in [6, 6.07) is 21.0. The fraction of sp³-hybridized carbons (Fsp3) is 0.444. The van der Waals surface area contributed by atoms with Gasteiger partial charge in [0.1, 0.15) is 5.69 Å². The molecular formula is C27H35N3O3. The van der Waals surface area contributed by atoms with Crippen LogP contribution in [0.25, 0.3) is 11.3 Å². The van der Waals surface area contributed by atoms with Crippen LogP contribution in [0.5, 0.6) is 0 Å². The SMILES string of the molecule is CC(C)N(C)c1onc(-c2ccccc2)c1CN(C[C@@H](O)COCc1ccccc1)C1CC1. The van der Waals surface area contributed by atoms with Crippen LogP contribution in [-0.4, -0.2) is 53.6 Å². The normalized spacial score (nSPS) is 14.7. The highest BCUT2D eigenvalue weighted by Gasteiger charge is 2.33. The maximum absolute atomic E-state index is 10.7. The van der Waals surface area contributed by atoms with E-state index in [4.69, 9.17) is 9.26 Å². The summed E-state index contributed by atoms with van der Waals surface area (Å²) in [7, 11) is 2.04. The summed E-state index contributed by atoms with van der Waals surface area (Å²) in [5.74, 6) is 0.796. The van der Waals surface area contributed by atoms with E-state index in [1.807, 2.05) is 55.6 Å². The standard InChI is InChI=1S/C27H35N3O3/c1-20(2)29(3)27-25(26(28-33-27)22-12-8-5-9-13-22)17-30(23-14-15-23)16-24(31)19-32-18-21-10-6-4-7-11-21/h4-13,20,23-24,31H,14-19H2,1-3H3/t24-/m1/s1. The third kappa shape index (κ3) is 6.22. The van der Waals surface area contributed by atoms with E-state index in [0.29, 0.717) is 32.3 Å². The van der Waals surface area contributed by atoms with Gasteiger partial charge in [0.05, 0.1) is 24.9 Å². The number of hydrogen-bond acceptors (Lipinski definition) is 6. The number of hydrogen-bond donors (Lipinski definition) is 1. The van der Waals surface area contributed by atoms with Gasteiger partial charge in [0, 0.05) is 37.8 Å². The van der Waals surface area contributed by atoms with Gasteiger partial charge in [-0.25, -0.2) is 0 Å². The number of nitrogens with zero attached hydrogens (tertiary/aromatic N) is 3. The van der Waals surface area contributed by atoms with E-state index in [0.717, 1.165) is 41.1 Å². The molecule has 4 rings (SSSR count). The van der Waals surface area contributed by atoms with Gasteiger partial charge in [0.15, 0.2) is 0 Å². The average Bonchev–Trinajstić information content (AvgIpc) is 3.60. The zero-order valence-electron chi connectivity index (χ0n) is 19.9. The molecule has 1 heterocycles. The predicted octanol–water partition coefficient (Wildman–Crippen LogP) is 4.73. The van der Waals surface area contributed by atoms with Crippen LogP contribution in [0.2, 0.25) is 0 Å². The summed E-state index contributed by atoms with van der Waals surface area (Å²) in [5.41, 5.74) is 4.10. The maximum atomic E-state index is 10.7. The number of anilines is 1. The van der Waals surface area contributed by atoms with Crippen molar-refractivity contribution in [2.24, 2.45) is 0 Å². The van der Waals surface area contributed by atoms with Crippen LogP contribution in [0.1, 0.15) is 37.8 Å². The van der Waals surface area contributed by atoms with Gasteiger partial charge >= 0.3 is 0 Å². The summed E-state index contributed by atoms with van der Waals surface area (Å²) >= 11 is 0. The van der Waals surface area contributed by atoms with Gasteiger partial charge in [-0.3, -0.25) is 4.90 Å². The van der Waals surface area contributed by atoms with Crippen molar-refractivity contribution in [3.05, 3.63) is 71.8 Å². The van der Waals surface area contributed by atoms with Crippen molar-refractivity contribution >= 4 is 5.88 Å². The van der Waals surface area contributed by atoms with Crippen LogP contribution in [0.4, 0.5) is 5.88 Å². The van der Waals surface area contributed by atoms with Crippen molar-refractivity contribution in [3.8, 4) is 11.3 Å². The Balaban J connectivity index is 1.47. The van der Waals surface area contributed by atoms with Crippen LogP contribution >= 0.6 is 0 Å². The van der Waals surface area contributed by atoms with Crippen molar-refractivity contribution in [3.63, 3.8) is 0 Å². The largest absolute Gasteiger partial charge is 0.389 e. The van der Waals surface area contributed by atoms with E-state index in [-0.39, 0.29) is 6.04 Å². The van der Waals surface area contributed by atoms with Crippen LogP contribution in [0.3, 0.4) is 0 Å². The summed E-state index contributed by atoms with van der Waals surface area (Å²) in [5, 5.41) is 15.2. The molecule has 2 aromatic carbocycles. The Morgan fingerprint density at radius 3 is 2.36 bits per heavy atom. The van der Waals surface area contributed by atoms with Crippen molar-refractivity contribution in [1.29, 1.82) is 0 Å². The molecule has 3 aromatic rings. The molecule has 0 radical (unpaired) electrons. The number of ether oxygens (including phenoxy) is 1. The molecule has 1 aliphatic carbocycles. The second-order valence-electron chi connectivity index (χ2n) is 9.20. The Morgan fingerprint density at radius 2 is 1.73 bits per heavy atom. The van der Waals surface area contributed by atoms with E-state index in [2.05, 4.69) is 40.9 Å². The van der Waals surface area contributed by atoms with Gasteiger partial charge in [-0.2, -0.15) is 0 Å². The van der Waals surface area contributed by atoms with Crippen LogP contribution in [0.15, 0.2) is 65.2 Å². The van der Waals surface area contributed by atoms with Gasteiger partial charge in [-0.1, -0.05) is 65.8 Å². The first kappa shape index (κ1) is 23.5. The minimum absolute atomic E-state index is 0.284. The lowest BCUT2D eigenvalue weighted by atomic mass is 10.1. The molecule has 1 aliphatic rings. The molecule has 0 amide bonds. The molecule has 1 fully saturated rings. The smallest absolute Gasteiger partial charge is 0.232 e. The van der Waals surface area contributed by atoms with Gasteiger partial charge in [-0.05, 0) is 32.3 Å². The first-order valence-corrected chi connectivity index (χ1v) is 11.8. The fourth-order valence-corrected chi connectivity index (χ4v) is 3.97. The fourth-order valence-electron chi connectivity index (χ4n) is 3.97. The van der Waals surface area contributed by atoms with E-state index in [1.54, 1.807) is 0 Å². The van der Waals surface area contributed by atoms with Crippen molar-refractivity contribution in [2.45, 2.75) is 58.0 Å². The van der Waals surface area contributed by atoms with Crippen LogP contribution < -0.4 is 4.90 Å². The number of aliphatic hydroxyl groups excluding tert-OH is 1. The molecular weight excluding hydrogens is 414 g/mol. The second-order valence-corrected chi connectivity index (χ2v) is 9.20. The highest BCUT2D eigenvalue weighted by atomic mass is 16.5. The number of aliphatic hydroxyl groups is 1. The van der Waals surface area contributed by atoms with Gasteiger partial charge < -0.3 is 19.3 Å². The lowest BCUT2D eigenvalue weighted by Crippen LogP contribution is -2.36. The van der Waals surface area contributed by atoms with E-state index in [9.17, 15) is 5.11 Å². The molecule has 6 heteroatoms. The van der Waals surface area contributed by atoms with Gasteiger partial charge in [0.25, 0.3) is 0 Å². The average molecular weight is 450 g/mol. The molecule has 33 heavy (non-hydrogen) atoms. The molecule has 0 bridgehead atoms.